The molecule has 4 rings (SSSR count). The number of nitrogens with zero attached hydrogens (tertiary/aromatic N) is 4. The first-order chi connectivity index (χ1) is 11.6. The molecule has 0 saturated heterocycles. The molecular weight excluding hydrogens is 362 g/mol. The van der Waals surface area contributed by atoms with Crippen molar-refractivity contribution in [3.63, 3.8) is 0 Å². The van der Waals surface area contributed by atoms with Crippen molar-refractivity contribution >= 4 is 24.2 Å². The zero-order chi connectivity index (χ0) is 16.6. The fourth-order valence-electron chi connectivity index (χ4n) is 2.95. The van der Waals surface area contributed by atoms with E-state index in [-0.39, 0.29) is 12.4 Å². The molecule has 1 saturated carbocycles. The minimum Gasteiger partial charge on any atom is -0.455 e. The highest BCUT2D eigenvalue weighted by atomic mass is 35.5. The molecule has 2 N–H and O–H groups in total. The third-order valence-corrected chi connectivity index (χ3v) is 5.44. The summed E-state index contributed by atoms with van der Waals surface area (Å²) in [6.45, 7) is 0. The van der Waals surface area contributed by atoms with E-state index in [1.54, 1.807) is 18.0 Å². The summed E-state index contributed by atoms with van der Waals surface area (Å²) in [4.78, 5) is 8.73. The van der Waals surface area contributed by atoms with E-state index in [4.69, 9.17) is 14.7 Å². The van der Waals surface area contributed by atoms with Crippen LogP contribution in [0.1, 0.15) is 37.3 Å². The monoisotopic (exact) mass is 381 g/mol. The van der Waals surface area contributed by atoms with Crippen molar-refractivity contribution in [2.75, 3.05) is 0 Å². The van der Waals surface area contributed by atoms with Crippen LogP contribution in [0, 0.1) is 0 Å². The van der Waals surface area contributed by atoms with Crippen LogP contribution >= 0.6 is 24.2 Å². The Kier molecular flexibility index (Phi) is 5.21. The van der Waals surface area contributed by atoms with Gasteiger partial charge in [-0.15, -0.1) is 12.4 Å². The molecule has 0 spiro atoms. The van der Waals surface area contributed by atoms with Crippen molar-refractivity contribution in [3.8, 4) is 11.7 Å². The van der Waals surface area contributed by atoms with Gasteiger partial charge in [-0.2, -0.15) is 4.98 Å². The standard InChI is InChI=1S/C16H19N5O2S.ClH/c1-21-9-8-18-15(21)24-10-11-4-5-12(22-11)13-19-14(20-23-13)16(17)6-2-3-7-16;/h4-5,8-9H,2-3,6-7,10,17H2,1H3;1H. The number of nitrogens with two attached hydrogens (primary N) is 1. The van der Waals surface area contributed by atoms with E-state index < -0.39 is 5.54 Å². The first-order valence-electron chi connectivity index (χ1n) is 7.96. The molecular formula is C16H20ClN5O2S. The Morgan fingerprint density at radius 3 is 2.84 bits per heavy atom. The average molecular weight is 382 g/mol. The van der Waals surface area contributed by atoms with Crippen LogP contribution in [-0.4, -0.2) is 19.7 Å². The van der Waals surface area contributed by atoms with Gasteiger partial charge in [0.2, 0.25) is 0 Å². The Hall–Kier alpha value is -1.77. The summed E-state index contributed by atoms with van der Waals surface area (Å²) in [5.41, 5.74) is 5.91. The van der Waals surface area contributed by atoms with Crippen LogP contribution in [0.2, 0.25) is 0 Å². The third-order valence-electron chi connectivity index (χ3n) is 4.36. The summed E-state index contributed by atoms with van der Waals surface area (Å²) >= 11 is 1.61. The number of hydrogen-bond acceptors (Lipinski definition) is 7. The van der Waals surface area contributed by atoms with Crippen LogP contribution in [0.15, 0.2) is 38.6 Å². The van der Waals surface area contributed by atoms with E-state index in [1.165, 1.54) is 0 Å². The van der Waals surface area contributed by atoms with E-state index >= 15 is 0 Å². The highest BCUT2D eigenvalue weighted by molar-refractivity contribution is 7.98. The normalized spacial score (nSPS) is 16.1. The van der Waals surface area contributed by atoms with E-state index in [2.05, 4.69) is 15.1 Å². The Bertz CT molecular complexity index is 837. The van der Waals surface area contributed by atoms with Crippen LogP contribution in [0.5, 0.6) is 0 Å². The molecule has 7 nitrogen and oxygen atoms in total. The number of halogens is 1. The maximum Gasteiger partial charge on any atom is 0.293 e. The summed E-state index contributed by atoms with van der Waals surface area (Å²) in [5.74, 6) is 3.06. The summed E-state index contributed by atoms with van der Waals surface area (Å²) < 4.78 is 13.1. The van der Waals surface area contributed by atoms with Crippen molar-refractivity contribution in [1.29, 1.82) is 0 Å². The molecule has 9 heteroatoms. The lowest BCUT2D eigenvalue weighted by molar-refractivity contribution is 0.367. The molecule has 1 aliphatic carbocycles. The summed E-state index contributed by atoms with van der Waals surface area (Å²) in [6, 6.07) is 3.77. The summed E-state index contributed by atoms with van der Waals surface area (Å²) in [5, 5.41) is 5.01. The van der Waals surface area contributed by atoms with Crippen LogP contribution in [0.4, 0.5) is 0 Å². The molecule has 1 fully saturated rings. The lowest BCUT2D eigenvalue weighted by atomic mass is 9.99. The molecule has 1 aliphatic rings. The fraction of sp³-hybridized carbons (Fsp3) is 0.438. The van der Waals surface area contributed by atoms with Gasteiger partial charge in [-0.3, -0.25) is 0 Å². The predicted molar refractivity (Wildman–Crippen MR) is 96.4 cm³/mol. The van der Waals surface area contributed by atoms with Gasteiger partial charge in [0.25, 0.3) is 5.89 Å². The zero-order valence-corrected chi connectivity index (χ0v) is 15.5. The van der Waals surface area contributed by atoms with Crippen molar-refractivity contribution in [2.24, 2.45) is 12.8 Å². The van der Waals surface area contributed by atoms with Crippen LogP contribution in [0.3, 0.4) is 0 Å². The van der Waals surface area contributed by atoms with Gasteiger partial charge in [-0.25, -0.2) is 4.98 Å². The molecule has 0 aromatic carbocycles. The number of imidazole rings is 1. The number of hydrogen-bond donors (Lipinski definition) is 1. The second-order valence-electron chi connectivity index (χ2n) is 6.16. The van der Waals surface area contributed by atoms with Crippen molar-refractivity contribution < 1.29 is 8.94 Å². The highest BCUT2D eigenvalue weighted by Crippen LogP contribution is 2.35. The SMILES string of the molecule is Cl.Cn1ccnc1SCc1ccc(-c2nc(C3(N)CCCC3)no2)o1. The van der Waals surface area contributed by atoms with E-state index in [0.29, 0.717) is 23.2 Å². The van der Waals surface area contributed by atoms with Gasteiger partial charge in [-0.05, 0) is 25.0 Å². The topological polar surface area (TPSA) is 95.9 Å². The van der Waals surface area contributed by atoms with Crippen molar-refractivity contribution in [1.82, 2.24) is 19.7 Å². The molecule has 3 aromatic rings. The molecule has 0 radical (unpaired) electrons. The van der Waals surface area contributed by atoms with Crippen molar-refractivity contribution in [3.05, 3.63) is 36.1 Å². The number of aromatic nitrogens is 4. The van der Waals surface area contributed by atoms with Crippen LogP contribution < -0.4 is 5.73 Å². The Balaban J connectivity index is 0.00000182. The van der Waals surface area contributed by atoms with Gasteiger partial charge in [0, 0.05) is 19.4 Å². The zero-order valence-electron chi connectivity index (χ0n) is 13.8. The molecule has 0 unspecified atom stereocenters. The van der Waals surface area contributed by atoms with Gasteiger partial charge in [0.05, 0.1) is 11.3 Å². The summed E-state index contributed by atoms with van der Waals surface area (Å²) in [6.07, 6.45) is 7.71. The van der Waals surface area contributed by atoms with Crippen LogP contribution in [-0.2, 0) is 18.3 Å². The first-order valence-corrected chi connectivity index (χ1v) is 8.95. The van der Waals surface area contributed by atoms with Gasteiger partial charge in [0.1, 0.15) is 5.76 Å². The minimum absolute atomic E-state index is 0. The largest absolute Gasteiger partial charge is 0.455 e. The van der Waals surface area contributed by atoms with E-state index in [9.17, 15) is 0 Å². The number of furan rings is 1. The molecule has 3 aromatic heterocycles. The Morgan fingerprint density at radius 1 is 1.32 bits per heavy atom. The third kappa shape index (κ3) is 3.61. The number of thioether (sulfide) groups is 1. The molecule has 0 bridgehead atoms. The van der Waals surface area contributed by atoms with Gasteiger partial charge >= 0.3 is 0 Å². The Morgan fingerprint density at radius 2 is 2.12 bits per heavy atom. The van der Waals surface area contributed by atoms with E-state index in [0.717, 1.165) is 36.6 Å². The van der Waals surface area contributed by atoms with Gasteiger partial charge in [-0.1, -0.05) is 29.8 Å². The fourth-order valence-corrected chi connectivity index (χ4v) is 3.78. The second-order valence-corrected chi connectivity index (χ2v) is 7.10. The van der Waals surface area contributed by atoms with Gasteiger partial charge < -0.3 is 19.2 Å². The molecule has 134 valence electrons. The maximum absolute atomic E-state index is 6.36. The minimum atomic E-state index is -0.453. The first kappa shape index (κ1) is 18.0. The quantitative estimate of drug-likeness (QED) is 0.675. The van der Waals surface area contributed by atoms with E-state index in [1.807, 2.05) is 29.9 Å². The lowest BCUT2D eigenvalue weighted by Gasteiger charge is -2.17. The molecule has 0 aliphatic heterocycles. The number of rotatable bonds is 5. The lowest BCUT2D eigenvalue weighted by Crippen LogP contribution is -2.34. The maximum atomic E-state index is 6.36. The Labute approximate surface area is 155 Å². The molecule has 25 heavy (non-hydrogen) atoms. The van der Waals surface area contributed by atoms with Crippen molar-refractivity contribution in [2.45, 2.75) is 42.1 Å². The van der Waals surface area contributed by atoms with Gasteiger partial charge in [0.15, 0.2) is 16.7 Å². The average Bonchev–Trinajstić information content (AvgIpc) is 3.33. The van der Waals surface area contributed by atoms with Crippen LogP contribution in [0.25, 0.3) is 11.7 Å². The molecule has 0 amide bonds. The molecule has 3 heterocycles. The predicted octanol–water partition coefficient (Wildman–Crippen LogP) is 3.51. The summed E-state index contributed by atoms with van der Waals surface area (Å²) in [7, 11) is 1.97. The smallest absolute Gasteiger partial charge is 0.293 e. The molecule has 0 atom stereocenters. The second kappa shape index (κ2) is 7.23. The highest BCUT2D eigenvalue weighted by Gasteiger charge is 2.36. The number of aryl methyl sites for hydroxylation is 1.